The van der Waals surface area contributed by atoms with Crippen LogP contribution in [0.2, 0.25) is 0 Å². The number of nitrogens with zero attached hydrogens (tertiary/aromatic N) is 1. The largest absolute Gasteiger partial charge is 0.365 e. The minimum absolute atomic E-state index is 0.0860. The standard InChI is InChI=1S/C16H26N2O4S/c1-5-16(4,23)22-11-9-15(2,3)17-12(19)8-10-18-13(20)6-7-14(18)21/h6-7,23H,5,8-11H2,1-4H3,(H,17,19). The number of carbonyl (C=O) groups is 3. The zero-order valence-electron chi connectivity index (χ0n) is 14.2. The number of imide groups is 1. The summed E-state index contributed by atoms with van der Waals surface area (Å²) in [6, 6.07) is 0. The number of amides is 3. The van der Waals surface area contributed by atoms with Crippen molar-refractivity contribution in [3.05, 3.63) is 12.2 Å². The van der Waals surface area contributed by atoms with Crippen molar-refractivity contribution in [2.75, 3.05) is 13.2 Å². The lowest BCUT2D eigenvalue weighted by molar-refractivity contribution is -0.137. The Hall–Kier alpha value is -1.34. The first-order valence-electron chi connectivity index (χ1n) is 7.77. The number of nitrogens with one attached hydrogen (secondary N) is 1. The topological polar surface area (TPSA) is 75.7 Å². The molecule has 0 spiro atoms. The van der Waals surface area contributed by atoms with Crippen molar-refractivity contribution in [3.63, 3.8) is 0 Å². The molecule has 1 atom stereocenters. The van der Waals surface area contributed by atoms with E-state index in [4.69, 9.17) is 4.74 Å². The number of thiol groups is 1. The summed E-state index contributed by atoms with van der Waals surface area (Å²) in [5, 5.41) is 2.90. The summed E-state index contributed by atoms with van der Waals surface area (Å²) in [5.74, 6) is -0.946. The SMILES string of the molecule is CCC(C)(S)OCCC(C)(C)NC(=O)CCN1C(=O)C=CC1=O. The summed E-state index contributed by atoms with van der Waals surface area (Å²) in [7, 11) is 0. The fourth-order valence-corrected chi connectivity index (χ4v) is 2.09. The van der Waals surface area contributed by atoms with Gasteiger partial charge in [0.05, 0.1) is 6.61 Å². The second-order valence-electron chi connectivity index (χ2n) is 6.47. The number of rotatable bonds is 9. The zero-order valence-corrected chi connectivity index (χ0v) is 15.1. The van der Waals surface area contributed by atoms with Gasteiger partial charge in [0.1, 0.15) is 4.93 Å². The summed E-state index contributed by atoms with van der Waals surface area (Å²) >= 11 is 4.40. The molecule has 6 nitrogen and oxygen atoms in total. The molecule has 23 heavy (non-hydrogen) atoms. The fraction of sp³-hybridized carbons (Fsp3) is 0.688. The van der Waals surface area contributed by atoms with Crippen LogP contribution in [0, 0.1) is 0 Å². The van der Waals surface area contributed by atoms with Gasteiger partial charge in [-0.25, -0.2) is 0 Å². The smallest absolute Gasteiger partial charge is 0.253 e. The lowest BCUT2D eigenvalue weighted by atomic mass is 10.0. The Morgan fingerprint density at radius 1 is 1.26 bits per heavy atom. The molecule has 130 valence electrons. The van der Waals surface area contributed by atoms with Gasteiger partial charge in [0, 0.05) is 30.7 Å². The van der Waals surface area contributed by atoms with Gasteiger partial charge in [-0.1, -0.05) is 6.92 Å². The molecule has 1 unspecified atom stereocenters. The second-order valence-corrected chi connectivity index (χ2v) is 7.42. The highest BCUT2D eigenvalue weighted by molar-refractivity contribution is 7.81. The molecule has 0 bridgehead atoms. The van der Waals surface area contributed by atoms with Crippen molar-refractivity contribution in [1.29, 1.82) is 0 Å². The molecular weight excluding hydrogens is 316 g/mol. The summed E-state index contributed by atoms with van der Waals surface area (Å²) < 4.78 is 5.67. The van der Waals surface area contributed by atoms with Crippen LogP contribution in [0.3, 0.4) is 0 Å². The van der Waals surface area contributed by atoms with Crippen LogP contribution < -0.4 is 5.32 Å². The van der Waals surface area contributed by atoms with Gasteiger partial charge in [0.2, 0.25) is 5.91 Å². The molecule has 1 rings (SSSR count). The average molecular weight is 342 g/mol. The van der Waals surface area contributed by atoms with Gasteiger partial charge >= 0.3 is 0 Å². The van der Waals surface area contributed by atoms with E-state index >= 15 is 0 Å². The molecule has 3 amide bonds. The molecule has 0 radical (unpaired) electrons. The Bertz CT molecular complexity index is 482. The van der Waals surface area contributed by atoms with Gasteiger partial charge in [0.25, 0.3) is 11.8 Å². The van der Waals surface area contributed by atoms with Crippen molar-refractivity contribution in [1.82, 2.24) is 10.2 Å². The molecule has 0 saturated heterocycles. The van der Waals surface area contributed by atoms with Gasteiger partial charge in [-0.3, -0.25) is 19.3 Å². The molecular formula is C16H26N2O4S. The summed E-state index contributed by atoms with van der Waals surface area (Å²) in [6.07, 6.45) is 3.93. The molecule has 0 aromatic rings. The molecule has 1 aliphatic rings. The quantitative estimate of drug-likeness (QED) is 0.380. The third-order valence-electron chi connectivity index (χ3n) is 3.74. The normalized spacial score (nSPS) is 17.5. The lowest BCUT2D eigenvalue weighted by Gasteiger charge is -2.29. The van der Waals surface area contributed by atoms with Crippen LogP contribution >= 0.6 is 12.6 Å². The number of ether oxygens (including phenoxy) is 1. The highest BCUT2D eigenvalue weighted by atomic mass is 32.1. The molecule has 0 aromatic carbocycles. The van der Waals surface area contributed by atoms with E-state index in [1.807, 2.05) is 27.7 Å². The maximum Gasteiger partial charge on any atom is 0.253 e. The first kappa shape index (κ1) is 19.7. The highest BCUT2D eigenvalue weighted by Crippen LogP contribution is 2.21. The van der Waals surface area contributed by atoms with Gasteiger partial charge in [0.15, 0.2) is 0 Å². The average Bonchev–Trinajstić information content (AvgIpc) is 2.74. The van der Waals surface area contributed by atoms with Crippen molar-refractivity contribution < 1.29 is 19.1 Å². The van der Waals surface area contributed by atoms with Gasteiger partial charge in [-0.2, -0.15) is 0 Å². The van der Waals surface area contributed by atoms with Crippen LogP contribution in [0.4, 0.5) is 0 Å². The van der Waals surface area contributed by atoms with Gasteiger partial charge in [-0.15, -0.1) is 12.6 Å². The van der Waals surface area contributed by atoms with E-state index in [1.165, 1.54) is 12.2 Å². The first-order valence-corrected chi connectivity index (χ1v) is 8.22. The van der Waals surface area contributed by atoms with E-state index in [1.54, 1.807) is 0 Å². The Morgan fingerprint density at radius 3 is 2.35 bits per heavy atom. The van der Waals surface area contributed by atoms with Crippen molar-refractivity contribution >= 4 is 30.4 Å². The Kier molecular flexibility index (Phi) is 6.83. The summed E-state index contributed by atoms with van der Waals surface area (Å²) in [6.45, 7) is 8.28. The van der Waals surface area contributed by atoms with Crippen LogP contribution in [0.1, 0.15) is 47.0 Å². The molecule has 0 saturated carbocycles. The van der Waals surface area contributed by atoms with Crippen LogP contribution in [0.25, 0.3) is 0 Å². The van der Waals surface area contributed by atoms with E-state index in [9.17, 15) is 14.4 Å². The maximum absolute atomic E-state index is 12.0. The van der Waals surface area contributed by atoms with Gasteiger partial charge < -0.3 is 10.1 Å². The Labute approximate surface area is 143 Å². The van der Waals surface area contributed by atoms with E-state index < -0.39 is 10.5 Å². The van der Waals surface area contributed by atoms with Crippen LogP contribution in [0.5, 0.6) is 0 Å². The molecule has 0 aromatic heterocycles. The zero-order chi connectivity index (χ0) is 17.7. The summed E-state index contributed by atoms with van der Waals surface area (Å²) in [5.41, 5.74) is -0.439. The third-order valence-corrected chi connectivity index (χ3v) is 4.18. The third kappa shape index (κ3) is 6.74. The van der Waals surface area contributed by atoms with E-state index in [0.717, 1.165) is 11.3 Å². The molecule has 1 aliphatic heterocycles. The van der Waals surface area contributed by atoms with Crippen molar-refractivity contribution in [2.24, 2.45) is 0 Å². The molecule has 1 N–H and O–H groups in total. The van der Waals surface area contributed by atoms with E-state index in [-0.39, 0.29) is 30.7 Å². The molecule has 0 aliphatic carbocycles. The number of carbonyl (C=O) groups excluding carboxylic acids is 3. The minimum Gasteiger partial charge on any atom is -0.365 e. The number of hydrogen-bond donors (Lipinski definition) is 2. The van der Waals surface area contributed by atoms with Crippen LogP contribution in [0.15, 0.2) is 12.2 Å². The highest BCUT2D eigenvalue weighted by Gasteiger charge is 2.26. The second kappa shape index (κ2) is 7.97. The predicted molar refractivity (Wildman–Crippen MR) is 90.9 cm³/mol. The molecule has 0 fully saturated rings. The summed E-state index contributed by atoms with van der Waals surface area (Å²) in [4.78, 5) is 35.4. The van der Waals surface area contributed by atoms with Crippen LogP contribution in [-0.4, -0.2) is 46.2 Å². The minimum atomic E-state index is -0.469. The van der Waals surface area contributed by atoms with Crippen molar-refractivity contribution in [2.45, 2.75) is 57.4 Å². The number of hydrogen-bond acceptors (Lipinski definition) is 5. The molecule has 7 heteroatoms. The first-order chi connectivity index (χ1) is 10.6. The van der Waals surface area contributed by atoms with E-state index in [0.29, 0.717) is 13.0 Å². The maximum atomic E-state index is 12.0. The Morgan fingerprint density at radius 2 is 1.83 bits per heavy atom. The van der Waals surface area contributed by atoms with Crippen LogP contribution in [-0.2, 0) is 19.1 Å². The van der Waals surface area contributed by atoms with Crippen molar-refractivity contribution in [3.8, 4) is 0 Å². The monoisotopic (exact) mass is 342 g/mol. The lowest BCUT2D eigenvalue weighted by Crippen LogP contribution is -2.45. The fourth-order valence-electron chi connectivity index (χ4n) is 2.00. The van der Waals surface area contributed by atoms with Gasteiger partial charge in [-0.05, 0) is 33.6 Å². The van der Waals surface area contributed by atoms with E-state index in [2.05, 4.69) is 17.9 Å². The molecule has 1 heterocycles. The Balaban J connectivity index is 2.34. The predicted octanol–water partition coefficient (Wildman–Crippen LogP) is 1.66.